The standard InChI is InChI=1S/C21H30N4O2S/c1-15-10-11-18(12-16(15)2)27-13-19-23-24-21(25(19)3)28-14-20(26)22-17-8-6-4-5-7-9-17/h10-12,17H,4-9,13-14H2,1-3H3,(H,22,26). The number of hydrogen-bond acceptors (Lipinski definition) is 5. The van der Waals surface area contributed by atoms with Crippen LogP contribution in [0.15, 0.2) is 23.4 Å². The van der Waals surface area contributed by atoms with Crippen molar-refractivity contribution in [3.05, 3.63) is 35.2 Å². The van der Waals surface area contributed by atoms with E-state index in [9.17, 15) is 4.79 Å². The molecule has 1 saturated carbocycles. The average molecular weight is 403 g/mol. The van der Waals surface area contributed by atoms with Gasteiger partial charge in [0.2, 0.25) is 5.91 Å². The number of rotatable bonds is 7. The van der Waals surface area contributed by atoms with Crippen molar-refractivity contribution in [2.75, 3.05) is 5.75 Å². The van der Waals surface area contributed by atoms with Crippen molar-refractivity contribution < 1.29 is 9.53 Å². The fourth-order valence-electron chi connectivity index (χ4n) is 3.37. The summed E-state index contributed by atoms with van der Waals surface area (Å²) in [6.07, 6.45) is 7.19. The van der Waals surface area contributed by atoms with Crippen molar-refractivity contribution in [2.24, 2.45) is 7.05 Å². The quantitative estimate of drug-likeness (QED) is 0.561. The van der Waals surface area contributed by atoms with Crippen LogP contribution in [0.5, 0.6) is 5.75 Å². The number of benzene rings is 1. The first kappa shape index (κ1) is 20.7. The lowest BCUT2D eigenvalue weighted by Crippen LogP contribution is -2.35. The molecule has 2 aromatic rings. The maximum Gasteiger partial charge on any atom is 0.230 e. The van der Waals surface area contributed by atoms with Gasteiger partial charge in [-0.15, -0.1) is 10.2 Å². The predicted molar refractivity (Wildman–Crippen MR) is 112 cm³/mol. The molecule has 7 heteroatoms. The van der Waals surface area contributed by atoms with Crippen molar-refractivity contribution in [3.8, 4) is 5.75 Å². The molecule has 1 aromatic heterocycles. The molecule has 1 aliphatic rings. The van der Waals surface area contributed by atoms with Crippen LogP contribution in [-0.2, 0) is 18.4 Å². The molecule has 0 bridgehead atoms. The van der Waals surface area contributed by atoms with Gasteiger partial charge in [-0.2, -0.15) is 0 Å². The van der Waals surface area contributed by atoms with Gasteiger partial charge in [0, 0.05) is 13.1 Å². The summed E-state index contributed by atoms with van der Waals surface area (Å²) in [5, 5.41) is 12.3. The lowest BCUT2D eigenvalue weighted by atomic mass is 10.1. The first-order chi connectivity index (χ1) is 13.5. The van der Waals surface area contributed by atoms with Crippen LogP contribution in [0.4, 0.5) is 0 Å². The summed E-state index contributed by atoms with van der Waals surface area (Å²) in [6.45, 7) is 4.50. The van der Waals surface area contributed by atoms with Gasteiger partial charge in [-0.1, -0.05) is 43.5 Å². The van der Waals surface area contributed by atoms with Crippen molar-refractivity contribution in [1.82, 2.24) is 20.1 Å². The van der Waals surface area contributed by atoms with Crippen LogP contribution in [-0.4, -0.2) is 32.5 Å². The number of hydrogen-bond donors (Lipinski definition) is 1. The van der Waals surface area contributed by atoms with Crippen LogP contribution < -0.4 is 10.1 Å². The molecule has 0 radical (unpaired) electrons. The number of nitrogens with one attached hydrogen (secondary N) is 1. The molecule has 1 aliphatic carbocycles. The minimum absolute atomic E-state index is 0.0767. The predicted octanol–water partition coefficient (Wildman–Crippen LogP) is 3.94. The third-order valence-electron chi connectivity index (χ3n) is 5.32. The second-order valence-corrected chi connectivity index (χ2v) is 8.48. The molecule has 3 rings (SSSR count). The number of nitrogens with zero attached hydrogens (tertiary/aromatic N) is 3. The Morgan fingerprint density at radius 1 is 1.18 bits per heavy atom. The van der Waals surface area contributed by atoms with E-state index in [1.165, 1.54) is 48.6 Å². The van der Waals surface area contributed by atoms with E-state index in [0.29, 0.717) is 18.4 Å². The van der Waals surface area contributed by atoms with E-state index < -0.39 is 0 Å². The summed E-state index contributed by atoms with van der Waals surface area (Å²) in [7, 11) is 1.91. The highest BCUT2D eigenvalue weighted by atomic mass is 32.2. The molecule has 1 N–H and O–H groups in total. The summed E-state index contributed by atoms with van der Waals surface area (Å²) in [5.74, 6) is 2.00. The molecule has 0 atom stereocenters. The highest BCUT2D eigenvalue weighted by Gasteiger charge is 2.16. The molecular weight excluding hydrogens is 372 g/mol. The molecule has 1 amide bonds. The Bertz CT molecular complexity index is 798. The lowest BCUT2D eigenvalue weighted by molar-refractivity contribution is -0.119. The number of thioether (sulfide) groups is 1. The van der Waals surface area contributed by atoms with E-state index in [2.05, 4.69) is 35.4 Å². The largest absolute Gasteiger partial charge is 0.486 e. The topological polar surface area (TPSA) is 69.0 Å². The molecule has 0 spiro atoms. The molecule has 152 valence electrons. The van der Waals surface area contributed by atoms with E-state index in [4.69, 9.17) is 4.74 Å². The van der Waals surface area contributed by atoms with Crippen LogP contribution in [0.2, 0.25) is 0 Å². The number of ether oxygens (including phenoxy) is 1. The second-order valence-electron chi connectivity index (χ2n) is 7.54. The molecular formula is C21H30N4O2S. The molecule has 6 nitrogen and oxygen atoms in total. The normalized spacial score (nSPS) is 15.2. The molecule has 1 fully saturated rings. The Balaban J connectivity index is 1.48. The summed E-state index contributed by atoms with van der Waals surface area (Å²) < 4.78 is 7.74. The van der Waals surface area contributed by atoms with Gasteiger partial charge in [-0.3, -0.25) is 4.79 Å². The van der Waals surface area contributed by atoms with Gasteiger partial charge in [0.1, 0.15) is 12.4 Å². The molecule has 1 heterocycles. The highest BCUT2D eigenvalue weighted by Crippen LogP contribution is 2.20. The molecule has 0 unspecified atom stereocenters. The van der Waals surface area contributed by atoms with E-state index in [1.54, 1.807) is 0 Å². The zero-order valence-corrected chi connectivity index (χ0v) is 17.8. The fraction of sp³-hybridized carbons (Fsp3) is 0.571. The first-order valence-corrected chi connectivity index (χ1v) is 11.0. The van der Waals surface area contributed by atoms with Crippen LogP contribution in [0.3, 0.4) is 0 Å². The van der Waals surface area contributed by atoms with Gasteiger partial charge < -0.3 is 14.6 Å². The number of amides is 1. The molecule has 0 aliphatic heterocycles. The first-order valence-electron chi connectivity index (χ1n) is 10.0. The van der Waals surface area contributed by atoms with Crippen molar-refractivity contribution in [2.45, 2.75) is 70.2 Å². The van der Waals surface area contributed by atoms with E-state index in [-0.39, 0.29) is 5.91 Å². The number of carbonyl (C=O) groups is 1. The van der Waals surface area contributed by atoms with Gasteiger partial charge in [0.05, 0.1) is 5.75 Å². The number of aromatic nitrogens is 3. The number of aryl methyl sites for hydroxylation is 2. The van der Waals surface area contributed by atoms with E-state index >= 15 is 0 Å². The Morgan fingerprint density at radius 3 is 2.64 bits per heavy atom. The third kappa shape index (κ3) is 5.74. The van der Waals surface area contributed by atoms with Gasteiger partial charge in [0.15, 0.2) is 11.0 Å². The zero-order valence-electron chi connectivity index (χ0n) is 17.0. The SMILES string of the molecule is Cc1ccc(OCc2nnc(SCC(=O)NC3CCCCCC3)n2C)cc1C. The monoisotopic (exact) mass is 402 g/mol. The average Bonchev–Trinajstić information content (AvgIpc) is 2.85. The van der Waals surface area contributed by atoms with Crippen molar-refractivity contribution in [1.29, 1.82) is 0 Å². The van der Waals surface area contributed by atoms with Crippen LogP contribution >= 0.6 is 11.8 Å². The summed E-state index contributed by atoms with van der Waals surface area (Å²) in [5.41, 5.74) is 2.44. The minimum Gasteiger partial charge on any atom is -0.486 e. The van der Waals surface area contributed by atoms with Crippen molar-refractivity contribution >= 4 is 17.7 Å². The zero-order chi connectivity index (χ0) is 19.9. The Labute approximate surface area is 171 Å². The van der Waals surface area contributed by atoms with Gasteiger partial charge in [0.25, 0.3) is 0 Å². The van der Waals surface area contributed by atoms with Crippen molar-refractivity contribution in [3.63, 3.8) is 0 Å². The van der Waals surface area contributed by atoms with E-state index in [0.717, 1.165) is 29.6 Å². The van der Waals surface area contributed by atoms with Crippen LogP contribution in [0, 0.1) is 13.8 Å². The van der Waals surface area contributed by atoms with Gasteiger partial charge in [-0.25, -0.2) is 0 Å². The summed E-state index contributed by atoms with van der Waals surface area (Å²) >= 11 is 1.42. The van der Waals surface area contributed by atoms with Gasteiger partial charge >= 0.3 is 0 Å². The summed E-state index contributed by atoms with van der Waals surface area (Å²) in [4.78, 5) is 12.3. The fourth-order valence-corrected chi connectivity index (χ4v) is 4.11. The number of carbonyl (C=O) groups excluding carboxylic acids is 1. The maximum atomic E-state index is 12.3. The second kappa shape index (κ2) is 9.96. The minimum atomic E-state index is 0.0767. The maximum absolute atomic E-state index is 12.3. The Kier molecular flexibility index (Phi) is 7.36. The lowest BCUT2D eigenvalue weighted by Gasteiger charge is -2.15. The molecule has 0 saturated heterocycles. The van der Waals surface area contributed by atoms with Crippen LogP contribution in [0.25, 0.3) is 0 Å². The third-order valence-corrected chi connectivity index (χ3v) is 6.34. The molecule has 28 heavy (non-hydrogen) atoms. The Morgan fingerprint density at radius 2 is 1.93 bits per heavy atom. The van der Waals surface area contributed by atoms with Gasteiger partial charge in [-0.05, 0) is 49.9 Å². The summed E-state index contributed by atoms with van der Waals surface area (Å²) in [6, 6.07) is 6.37. The molecule has 1 aromatic carbocycles. The Hall–Kier alpha value is -2.02. The highest BCUT2D eigenvalue weighted by molar-refractivity contribution is 7.99. The smallest absolute Gasteiger partial charge is 0.230 e. The van der Waals surface area contributed by atoms with Crippen LogP contribution in [0.1, 0.15) is 55.5 Å². The van der Waals surface area contributed by atoms with E-state index in [1.807, 2.05) is 23.7 Å².